The van der Waals surface area contributed by atoms with Gasteiger partial charge in [0, 0.05) is 26.1 Å². The predicted molar refractivity (Wildman–Crippen MR) is 93.5 cm³/mol. The van der Waals surface area contributed by atoms with Gasteiger partial charge in [-0.05, 0) is 36.2 Å². The van der Waals surface area contributed by atoms with Gasteiger partial charge in [0.05, 0.1) is 0 Å². The van der Waals surface area contributed by atoms with Crippen LogP contribution in [0, 0.1) is 11.6 Å². The second-order valence-electron chi connectivity index (χ2n) is 4.93. The minimum absolute atomic E-state index is 0.124. The number of alkyl halides is 2. The molecule has 0 heterocycles. The second-order valence-corrected chi connectivity index (χ2v) is 6.97. The molecular weight excluding hydrogens is 470 g/mol. The molecule has 0 aliphatic carbocycles. The van der Waals surface area contributed by atoms with E-state index < -0.39 is 17.0 Å². The van der Waals surface area contributed by atoms with Crippen LogP contribution < -0.4 is 0 Å². The van der Waals surface area contributed by atoms with Gasteiger partial charge in [0.25, 0.3) is 0 Å². The Morgan fingerprint density at radius 3 is 1.86 bits per heavy atom. The van der Waals surface area contributed by atoms with E-state index in [1.165, 1.54) is 18.2 Å². The van der Waals surface area contributed by atoms with Crippen molar-refractivity contribution in [3.05, 3.63) is 69.7 Å². The number of benzene rings is 2. The molecule has 112 valence electrons. The Morgan fingerprint density at radius 1 is 0.857 bits per heavy atom. The van der Waals surface area contributed by atoms with Crippen LogP contribution in [0.5, 0.6) is 0 Å². The van der Waals surface area contributed by atoms with E-state index in [0.717, 1.165) is 10.0 Å². The highest BCUT2D eigenvalue weighted by atomic mass is 79.9. The van der Waals surface area contributed by atoms with Gasteiger partial charge >= 0.3 is 0 Å². The van der Waals surface area contributed by atoms with Gasteiger partial charge in [0.2, 0.25) is 0 Å². The molecule has 5 heteroatoms. The quantitative estimate of drug-likeness (QED) is 0.459. The zero-order chi connectivity index (χ0) is 15.5. The molecule has 21 heavy (non-hydrogen) atoms. The van der Waals surface area contributed by atoms with Gasteiger partial charge < -0.3 is 0 Å². The van der Waals surface area contributed by atoms with Crippen LogP contribution >= 0.6 is 47.8 Å². The number of rotatable bonds is 5. The van der Waals surface area contributed by atoms with Crippen molar-refractivity contribution in [1.29, 1.82) is 0 Å². The molecule has 0 aliphatic heterocycles. The van der Waals surface area contributed by atoms with Crippen molar-refractivity contribution < 1.29 is 8.78 Å². The lowest BCUT2D eigenvalue weighted by Gasteiger charge is -2.31. The molecule has 0 saturated carbocycles. The third kappa shape index (κ3) is 3.74. The number of hydrogen-bond donors (Lipinski definition) is 0. The summed E-state index contributed by atoms with van der Waals surface area (Å²) in [5.74, 6) is -1.00. The minimum atomic E-state index is -0.501. The lowest BCUT2D eigenvalue weighted by molar-refractivity contribution is 0.491. The number of hydrogen-bond acceptors (Lipinski definition) is 0. The van der Waals surface area contributed by atoms with Crippen LogP contribution in [0.4, 0.5) is 8.78 Å². The van der Waals surface area contributed by atoms with Crippen molar-refractivity contribution in [1.82, 2.24) is 0 Å². The van der Waals surface area contributed by atoms with Gasteiger partial charge in [-0.2, -0.15) is 0 Å². The van der Waals surface area contributed by atoms with Gasteiger partial charge in [-0.3, -0.25) is 0 Å². The molecule has 0 spiro atoms. The molecule has 0 fully saturated rings. The third-order valence-corrected chi connectivity index (χ3v) is 6.22. The van der Waals surface area contributed by atoms with Crippen LogP contribution in [0.15, 0.2) is 46.9 Å². The van der Waals surface area contributed by atoms with Gasteiger partial charge in [-0.15, -0.1) is 0 Å². The molecule has 0 atom stereocenters. The molecule has 0 N–H and O–H groups in total. The van der Waals surface area contributed by atoms with E-state index in [0.29, 0.717) is 10.7 Å². The normalized spacial score (nSPS) is 11.7. The Bertz CT molecular complexity index is 587. The van der Waals surface area contributed by atoms with E-state index in [1.807, 2.05) is 24.3 Å². The summed E-state index contributed by atoms with van der Waals surface area (Å²) < 4.78 is 28.9. The Morgan fingerprint density at radius 2 is 1.38 bits per heavy atom. The first-order valence-electron chi connectivity index (χ1n) is 6.33. The van der Waals surface area contributed by atoms with Crippen LogP contribution in [-0.2, 0) is 11.8 Å². The standard InChI is InChI=1S/C16H13Br3F2/c17-9-16(10-18,11-4-6-12(19)7-5-11)8-13-14(20)2-1-3-15(13)21/h1-7H,8-10H2. The fraction of sp³-hybridized carbons (Fsp3) is 0.250. The van der Waals surface area contributed by atoms with Crippen molar-refractivity contribution in [2.24, 2.45) is 0 Å². The third-order valence-electron chi connectivity index (χ3n) is 3.55. The van der Waals surface area contributed by atoms with Gasteiger partial charge in [0.1, 0.15) is 11.6 Å². The molecule has 0 unspecified atom stereocenters. The molecule has 0 amide bonds. The average molecular weight is 483 g/mol. The highest BCUT2D eigenvalue weighted by molar-refractivity contribution is 9.10. The maximum absolute atomic E-state index is 14.0. The van der Waals surface area contributed by atoms with Crippen LogP contribution in [0.2, 0.25) is 0 Å². The van der Waals surface area contributed by atoms with E-state index in [2.05, 4.69) is 47.8 Å². The summed E-state index contributed by atoms with van der Waals surface area (Å²) in [6.07, 6.45) is 0.281. The van der Waals surface area contributed by atoms with Gasteiger partial charge in [-0.1, -0.05) is 66.0 Å². The topological polar surface area (TPSA) is 0 Å². The summed E-state index contributed by atoms with van der Waals surface area (Å²) in [5.41, 5.74) is 0.741. The molecule has 0 nitrogen and oxygen atoms in total. The van der Waals surface area contributed by atoms with Crippen LogP contribution in [0.1, 0.15) is 11.1 Å². The molecule has 2 aromatic rings. The van der Waals surface area contributed by atoms with Crippen molar-refractivity contribution in [3.8, 4) is 0 Å². The summed E-state index contributed by atoms with van der Waals surface area (Å²) in [6, 6.07) is 11.8. The van der Waals surface area contributed by atoms with Crippen molar-refractivity contribution in [3.63, 3.8) is 0 Å². The van der Waals surface area contributed by atoms with Gasteiger partial charge in [0.15, 0.2) is 0 Å². The highest BCUT2D eigenvalue weighted by Gasteiger charge is 2.32. The summed E-state index contributed by atoms with van der Waals surface area (Å²) in [4.78, 5) is 0. The lowest BCUT2D eigenvalue weighted by Crippen LogP contribution is -2.33. The van der Waals surface area contributed by atoms with Crippen molar-refractivity contribution in [2.75, 3.05) is 10.7 Å². The molecule has 0 bridgehead atoms. The van der Waals surface area contributed by atoms with Gasteiger partial charge in [-0.25, -0.2) is 8.78 Å². The summed E-state index contributed by atoms with van der Waals surface area (Å²) in [7, 11) is 0. The largest absolute Gasteiger partial charge is 0.207 e. The molecular formula is C16H13Br3F2. The zero-order valence-electron chi connectivity index (χ0n) is 11.1. The lowest BCUT2D eigenvalue weighted by atomic mass is 9.79. The van der Waals surface area contributed by atoms with Crippen molar-refractivity contribution in [2.45, 2.75) is 11.8 Å². The SMILES string of the molecule is Fc1cccc(F)c1CC(CBr)(CBr)c1ccc(Br)cc1. The Kier molecular flexibility index (Phi) is 5.97. The van der Waals surface area contributed by atoms with Crippen LogP contribution in [-0.4, -0.2) is 10.7 Å². The zero-order valence-corrected chi connectivity index (χ0v) is 15.8. The maximum atomic E-state index is 14.0. The minimum Gasteiger partial charge on any atom is -0.207 e. The monoisotopic (exact) mass is 480 g/mol. The molecule has 2 aromatic carbocycles. The first-order chi connectivity index (χ1) is 10.0. The Labute approximate surface area is 148 Å². The van der Waals surface area contributed by atoms with E-state index in [9.17, 15) is 8.78 Å². The van der Waals surface area contributed by atoms with E-state index in [1.54, 1.807) is 0 Å². The van der Waals surface area contributed by atoms with E-state index in [4.69, 9.17) is 0 Å². The maximum Gasteiger partial charge on any atom is 0.129 e. The molecule has 0 aromatic heterocycles. The van der Waals surface area contributed by atoms with Crippen LogP contribution in [0.3, 0.4) is 0 Å². The smallest absolute Gasteiger partial charge is 0.129 e. The Hall–Kier alpha value is -0.260. The summed E-state index contributed by atoms with van der Waals surface area (Å²) >= 11 is 10.4. The summed E-state index contributed by atoms with van der Waals surface area (Å²) in [6.45, 7) is 0. The Balaban J connectivity index is 2.45. The van der Waals surface area contributed by atoms with Crippen molar-refractivity contribution >= 4 is 47.8 Å². The molecule has 0 aliphatic rings. The summed E-state index contributed by atoms with van der Waals surface area (Å²) in [5, 5.41) is 1.20. The fourth-order valence-corrected chi connectivity index (χ4v) is 4.47. The molecule has 0 radical (unpaired) electrons. The fourth-order valence-electron chi connectivity index (χ4n) is 2.23. The average Bonchev–Trinajstić information content (AvgIpc) is 2.49. The predicted octanol–water partition coefficient (Wildman–Crippen LogP) is 6.00. The number of halogens is 5. The molecule has 0 saturated heterocycles. The molecule has 2 rings (SSSR count). The first kappa shape index (κ1) is 17.1. The van der Waals surface area contributed by atoms with Crippen LogP contribution in [0.25, 0.3) is 0 Å². The van der Waals surface area contributed by atoms with E-state index in [-0.39, 0.29) is 12.0 Å². The second kappa shape index (κ2) is 7.34. The highest BCUT2D eigenvalue weighted by Crippen LogP contribution is 2.34. The van der Waals surface area contributed by atoms with E-state index >= 15 is 0 Å². The first-order valence-corrected chi connectivity index (χ1v) is 9.37.